The fourth-order valence-corrected chi connectivity index (χ4v) is 1.30. The Labute approximate surface area is 77.7 Å². The van der Waals surface area contributed by atoms with Gasteiger partial charge in [-0.25, -0.2) is 0 Å². The van der Waals surface area contributed by atoms with E-state index in [2.05, 4.69) is 11.9 Å². The van der Waals surface area contributed by atoms with Crippen molar-refractivity contribution in [1.82, 2.24) is 4.98 Å². The molecule has 0 bridgehead atoms. The largest absolute Gasteiger partial charge is 0.345 e. The third-order valence-corrected chi connectivity index (χ3v) is 2.26. The van der Waals surface area contributed by atoms with Gasteiger partial charge in [0.05, 0.1) is 18.9 Å². The predicted octanol–water partition coefficient (Wildman–Crippen LogP) is 1.74. The minimum absolute atomic E-state index is 0.251. The molecule has 0 unspecified atom stereocenters. The van der Waals surface area contributed by atoms with Gasteiger partial charge in [-0.1, -0.05) is 0 Å². The van der Waals surface area contributed by atoms with Crippen LogP contribution in [0.1, 0.15) is 23.1 Å². The highest BCUT2D eigenvalue weighted by Crippen LogP contribution is 2.22. The molecule has 2 rings (SSSR count). The zero-order valence-corrected chi connectivity index (χ0v) is 7.91. The van der Waals surface area contributed by atoms with Gasteiger partial charge in [-0.05, 0) is 31.0 Å². The van der Waals surface area contributed by atoms with E-state index in [1.165, 1.54) is 11.1 Å². The number of hydrogen-bond donors (Lipinski definition) is 0. The normalized spacial score (nSPS) is 18.0. The van der Waals surface area contributed by atoms with Gasteiger partial charge in [0.25, 0.3) is 0 Å². The van der Waals surface area contributed by atoms with Crippen LogP contribution in [0.2, 0.25) is 0 Å². The maximum absolute atomic E-state index is 5.35. The average Bonchev–Trinajstić information content (AvgIpc) is 2.62. The van der Waals surface area contributed by atoms with Crippen molar-refractivity contribution in [2.24, 2.45) is 0 Å². The molecule has 70 valence electrons. The van der Waals surface area contributed by atoms with Gasteiger partial charge in [0.2, 0.25) is 6.29 Å². The van der Waals surface area contributed by atoms with E-state index in [0.29, 0.717) is 13.2 Å². The number of pyridine rings is 1. The van der Waals surface area contributed by atoms with Gasteiger partial charge in [-0.15, -0.1) is 0 Å². The zero-order valence-electron chi connectivity index (χ0n) is 7.91. The Balaban J connectivity index is 2.25. The summed E-state index contributed by atoms with van der Waals surface area (Å²) in [5, 5.41) is 0. The van der Waals surface area contributed by atoms with Gasteiger partial charge in [0.1, 0.15) is 0 Å². The highest BCUT2D eigenvalue weighted by atomic mass is 16.7. The van der Waals surface area contributed by atoms with Crippen molar-refractivity contribution in [2.75, 3.05) is 13.2 Å². The number of ether oxygens (including phenoxy) is 2. The summed E-state index contributed by atoms with van der Waals surface area (Å²) in [6.07, 6.45) is 1.61. The summed E-state index contributed by atoms with van der Waals surface area (Å²) in [5.74, 6) is 0. The summed E-state index contributed by atoms with van der Waals surface area (Å²) >= 11 is 0. The van der Waals surface area contributed by atoms with Gasteiger partial charge >= 0.3 is 0 Å². The van der Waals surface area contributed by atoms with E-state index in [1.807, 2.05) is 19.2 Å². The molecule has 3 nitrogen and oxygen atoms in total. The molecule has 1 aromatic heterocycles. The van der Waals surface area contributed by atoms with Crippen LogP contribution < -0.4 is 0 Å². The monoisotopic (exact) mass is 179 g/mol. The van der Waals surface area contributed by atoms with Crippen molar-refractivity contribution in [3.05, 3.63) is 29.1 Å². The summed E-state index contributed by atoms with van der Waals surface area (Å²) in [4.78, 5) is 4.27. The molecule has 0 N–H and O–H groups in total. The molecule has 2 heterocycles. The van der Waals surface area contributed by atoms with Crippen molar-refractivity contribution >= 4 is 0 Å². The van der Waals surface area contributed by atoms with Gasteiger partial charge in [0.15, 0.2) is 0 Å². The smallest absolute Gasteiger partial charge is 0.201 e. The summed E-state index contributed by atoms with van der Waals surface area (Å²) in [6, 6.07) is 2.02. The molecule has 1 saturated heterocycles. The lowest BCUT2D eigenvalue weighted by Crippen LogP contribution is -2.02. The molecule has 0 atom stereocenters. The fourth-order valence-electron chi connectivity index (χ4n) is 1.30. The van der Waals surface area contributed by atoms with Crippen molar-refractivity contribution < 1.29 is 9.47 Å². The quantitative estimate of drug-likeness (QED) is 0.658. The maximum atomic E-state index is 5.35. The van der Waals surface area contributed by atoms with Crippen molar-refractivity contribution in [3.63, 3.8) is 0 Å². The highest BCUT2D eigenvalue weighted by Gasteiger charge is 2.19. The van der Waals surface area contributed by atoms with E-state index in [9.17, 15) is 0 Å². The Hall–Kier alpha value is -0.930. The molecule has 1 aliphatic rings. The molecule has 0 saturated carbocycles. The first-order valence-corrected chi connectivity index (χ1v) is 4.44. The first-order valence-electron chi connectivity index (χ1n) is 4.44. The maximum Gasteiger partial charge on any atom is 0.201 e. The Kier molecular flexibility index (Phi) is 2.29. The van der Waals surface area contributed by atoms with Crippen LogP contribution in [0, 0.1) is 13.8 Å². The summed E-state index contributed by atoms with van der Waals surface area (Å²) < 4.78 is 10.7. The minimum atomic E-state index is -0.251. The van der Waals surface area contributed by atoms with Crippen LogP contribution in [-0.4, -0.2) is 18.2 Å². The van der Waals surface area contributed by atoms with Crippen LogP contribution in [0.4, 0.5) is 0 Å². The Morgan fingerprint density at radius 3 is 2.54 bits per heavy atom. The summed E-state index contributed by atoms with van der Waals surface area (Å²) in [5.41, 5.74) is 3.30. The van der Waals surface area contributed by atoms with Crippen LogP contribution in [0.3, 0.4) is 0 Å². The van der Waals surface area contributed by atoms with E-state index in [1.54, 1.807) is 0 Å². The molecule has 1 aliphatic heterocycles. The first kappa shape index (κ1) is 8.66. The lowest BCUT2D eigenvalue weighted by atomic mass is 10.1. The Morgan fingerprint density at radius 2 is 1.92 bits per heavy atom. The molecule has 0 aromatic carbocycles. The van der Waals surface area contributed by atoms with Crippen molar-refractivity contribution in [2.45, 2.75) is 20.1 Å². The third-order valence-electron chi connectivity index (χ3n) is 2.26. The number of rotatable bonds is 1. The number of aryl methyl sites for hydroxylation is 2. The minimum Gasteiger partial charge on any atom is -0.345 e. The molecule has 0 spiro atoms. The molecule has 1 aromatic rings. The highest BCUT2D eigenvalue weighted by molar-refractivity contribution is 5.24. The summed E-state index contributed by atoms with van der Waals surface area (Å²) in [7, 11) is 0. The lowest BCUT2D eigenvalue weighted by Gasteiger charge is -2.09. The molecule has 0 aliphatic carbocycles. The van der Waals surface area contributed by atoms with E-state index < -0.39 is 0 Å². The third kappa shape index (κ3) is 1.71. The second kappa shape index (κ2) is 3.44. The molecule has 0 amide bonds. The van der Waals surface area contributed by atoms with Crippen LogP contribution in [0.5, 0.6) is 0 Å². The zero-order chi connectivity index (χ0) is 9.26. The van der Waals surface area contributed by atoms with E-state index >= 15 is 0 Å². The molecule has 1 fully saturated rings. The van der Waals surface area contributed by atoms with Gasteiger partial charge in [-0.3, -0.25) is 4.98 Å². The van der Waals surface area contributed by atoms with E-state index in [0.717, 1.165) is 5.69 Å². The fraction of sp³-hybridized carbons (Fsp3) is 0.500. The second-order valence-corrected chi connectivity index (χ2v) is 3.27. The number of nitrogens with zero attached hydrogens (tertiary/aromatic N) is 1. The molecule has 0 radical (unpaired) electrons. The topological polar surface area (TPSA) is 31.4 Å². The van der Waals surface area contributed by atoms with Gasteiger partial charge < -0.3 is 9.47 Å². The van der Waals surface area contributed by atoms with Crippen molar-refractivity contribution in [1.29, 1.82) is 0 Å². The Morgan fingerprint density at radius 1 is 1.23 bits per heavy atom. The van der Waals surface area contributed by atoms with Crippen molar-refractivity contribution in [3.8, 4) is 0 Å². The van der Waals surface area contributed by atoms with E-state index in [-0.39, 0.29) is 6.29 Å². The van der Waals surface area contributed by atoms with Crippen LogP contribution in [0.25, 0.3) is 0 Å². The molecule has 13 heavy (non-hydrogen) atoms. The molecular formula is C10H13NO2. The standard InChI is InChI=1S/C10H13NO2/c1-7-5-9(11-6-8(7)2)10-12-3-4-13-10/h5-6,10H,3-4H2,1-2H3. The number of aromatic nitrogens is 1. The van der Waals surface area contributed by atoms with Crippen LogP contribution in [-0.2, 0) is 9.47 Å². The van der Waals surface area contributed by atoms with Crippen LogP contribution in [0.15, 0.2) is 12.3 Å². The SMILES string of the molecule is Cc1cnc(C2OCCO2)cc1C. The molecule has 3 heteroatoms. The van der Waals surface area contributed by atoms with Gasteiger partial charge in [0, 0.05) is 6.20 Å². The number of hydrogen-bond acceptors (Lipinski definition) is 3. The van der Waals surface area contributed by atoms with Crippen LogP contribution >= 0.6 is 0 Å². The predicted molar refractivity (Wildman–Crippen MR) is 48.4 cm³/mol. The lowest BCUT2D eigenvalue weighted by molar-refractivity contribution is -0.0473. The van der Waals surface area contributed by atoms with E-state index in [4.69, 9.17) is 9.47 Å². The molecular weight excluding hydrogens is 166 g/mol. The second-order valence-electron chi connectivity index (χ2n) is 3.27. The average molecular weight is 179 g/mol. The van der Waals surface area contributed by atoms with Gasteiger partial charge in [-0.2, -0.15) is 0 Å². The summed E-state index contributed by atoms with van der Waals surface area (Å²) in [6.45, 7) is 5.44. The Bertz CT molecular complexity index is 306. The first-order chi connectivity index (χ1) is 6.27.